The van der Waals surface area contributed by atoms with E-state index in [1.165, 1.54) is 18.0 Å². The van der Waals surface area contributed by atoms with Gasteiger partial charge in [0, 0.05) is 6.04 Å². The van der Waals surface area contributed by atoms with Crippen LogP contribution in [-0.2, 0) is 9.53 Å². The van der Waals surface area contributed by atoms with Crippen molar-refractivity contribution >= 4 is 35.2 Å². The first-order chi connectivity index (χ1) is 11.0. The van der Waals surface area contributed by atoms with Gasteiger partial charge in [0.15, 0.2) is 17.5 Å². The molecule has 1 aromatic heterocycles. The fourth-order valence-corrected chi connectivity index (χ4v) is 2.97. The predicted molar refractivity (Wildman–Crippen MR) is 88.7 cm³/mol. The molecule has 1 amide bonds. The maximum absolute atomic E-state index is 12.0. The minimum absolute atomic E-state index is 0.0229. The number of rotatable bonds is 5. The van der Waals surface area contributed by atoms with E-state index in [1.807, 2.05) is 0 Å². The van der Waals surface area contributed by atoms with Gasteiger partial charge in [0.25, 0.3) is 5.91 Å². The first kappa shape index (κ1) is 18.0. The fraction of sp³-hybridized carbons (Fsp3) is 0.600. The van der Waals surface area contributed by atoms with Gasteiger partial charge in [-0.1, -0.05) is 30.3 Å². The van der Waals surface area contributed by atoms with Crippen molar-refractivity contribution in [3.63, 3.8) is 0 Å². The number of carbonyl (C=O) groups excluding carboxylic acids is 2. The Bertz CT molecular complexity index is 577. The van der Waals surface area contributed by atoms with Crippen LogP contribution in [0.1, 0.15) is 43.1 Å². The highest BCUT2D eigenvalue weighted by Gasteiger charge is 2.21. The van der Waals surface area contributed by atoms with Gasteiger partial charge < -0.3 is 10.1 Å². The summed E-state index contributed by atoms with van der Waals surface area (Å²) in [4.78, 5) is 31.8. The molecule has 1 N–H and O–H groups in total. The maximum atomic E-state index is 12.0. The van der Waals surface area contributed by atoms with E-state index >= 15 is 0 Å². The molecule has 0 spiro atoms. The van der Waals surface area contributed by atoms with Gasteiger partial charge >= 0.3 is 5.97 Å². The van der Waals surface area contributed by atoms with Gasteiger partial charge in [-0.25, -0.2) is 14.8 Å². The minimum atomic E-state index is -0.722. The van der Waals surface area contributed by atoms with Gasteiger partial charge in [0.2, 0.25) is 0 Å². The van der Waals surface area contributed by atoms with E-state index in [2.05, 4.69) is 22.2 Å². The summed E-state index contributed by atoms with van der Waals surface area (Å²) in [7, 11) is 0. The molecule has 126 valence electrons. The third-order valence-corrected chi connectivity index (χ3v) is 4.65. The summed E-state index contributed by atoms with van der Waals surface area (Å²) in [6, 6.07) is 0.170. The van der Waals surface area contributed by atoms with Crippen LogP contribution in [0.25, 0.3) is 0 Å². The Morgan fingerprint density at radius 1 is 1.39 bits per heavy atom. The standard InChI is InChI=1S/C15H20ClN3O3S/c1-9-3-5-10(6-4-9)18-12(20)8-22-14(21)13-11(16)7-17-15(19-13)23-2/h7,9-10H,3-6,8H2,1-2H3,(H,18,20). The number of aromatic nitrogens is 2. The van der Waals surface area contributed by atoms with Crippen molar-refractivity contribution in [2.75, 3.05) is 12.9 Å². The van der Waals surface area contributed by atoms with Gasteiger partial charge in [-0.05, 0) is 37.9 Å². The summed E-state index contributed by atoms with van der Waals surface area (Å²) in [5.41, 5.74) is -0.0229. The monoisotopic (exact) mass is 357 g/mol. The molecule has 1 heterocycles. The van der Waals surface area contributed by atoms with E-state index in [4.69, 9.17) is 16.3 Å². The Morgan fingerprint density at radius 3 is 2.74 bits per heavy atom. The minimum Gasteiger partial charge on any atom is -0.451 e. The average Bonchev–Trinajstić information content (AvgIpc) is 2.55. The van der Waals surface area contributed by atoms with Crippen LogP contribution < -0.4 is 5.32 Å². The van der Waals surface area contributed by atoms with Gasteiger partial charge in [-0.15, -0.1) is 0 Å². The number of esters is 1. The quantitative estimate of drug-likeness (QED) is 0.495. The Hall–Kier alpha value is -1.34. The third-order valence-electron chi connectivity index (χ3n) is 3.81. The molecule has 0 atom stereocenters. The largest absolute Gasteiger partial charge is 0.451 e. The number of amides is 1. The first-order valence-electron chi connectivity index (χ1n) is 7.52. The Morgan fingerprint density at radius 2 is 2.09 bits per heavy atom. The van der Waals surface area contributed by atoms with Crippen LogP contribution in [0.2, 0.25) is 5.02 Å². The lowest BCUT2D eigenvalue weighted by atomic mass is 9.87. The lowest BCUT2D eigenvalue weighted by Crippen LogP contribution is -2.39. The molecule has 8 heteroatoms. The molecule has 0 saturated heterocycles. The SMILES string of the molecule is CSc1ncc(Cl)c(C(=O)OCC(=O)NC2CCC(C)CC2)n1. The van der Waals surface area contributed by atoms with Crippen molar-refractivity contribution in [3.8, 4) is 0 Å². The van der Waals surface area contributed by atoms with Crippen LogP contribution in [0.4, 0.5) is 0 Å². The molecule has 2 rings (SSSR count). The Kier molecular flexibility index (Phi) is 6.65. The second kappa shape index (κ2) is 8.49. The number of hydrogen-bond acceptors (Lipinski definition) is 6. The lowest BCUT2D eigenvalue weighted by Gasteiger charge is -2.26. The van der Waals surface area contributed by atoms with Crippen molar-refractivity contribution in [1.82, 2.24) is 15.3 Å². The Labute approximate surface area is 144 Å². The molecule has 0 unspecified atom stereocenters. The molecule has 0 aliphatic heterocycles. The summed E-state index contributed by atoms with van der Waals surface area (Å²) in [5.74, 6) is -0.306. The second-order valence-electron chi connectivity index (χ2n) is 5.65. The zero-order valence-electron chi connectivity index (χ0n) is 13.2. The summed E-state index contributed by atoms with van der Waals surface area (Å²) in [5, 5.41) is 3.42. The number of nitrogens with zero attached hydrogens (tertiary/aromatic N) is 2. The van der Waals surface area contributed by atoms with Crippen molar-refractivity contribution in [2.24, 2.45) is 5.92 Å². The molecule has 0 aromatic carbocycles. The molecule has 1 fully saturated rings. The van der Waals surface area contributed by atoms with Crippen LogP contribution in [0.15, 0.2) is 11.4 Å². The summed E-state index contributed by atoms with van der Waals surface area (Å²) < 4.78 is 5.00. The zero-order chi connectivity index (χ0) is 16.8. The molecule has 23 heavy (non-hydrogen) atoms. The number of carbonyl (C=O) groups is 2. The molecular formula is C15H20ClN3O3S. The average molecular weight is 358 g/mol. The van der Waals surface area contributed by atoms with Crippen molar-refractivity contribution in [1.29, 1.82) is 0 Å². The van der Waals surface area contributed by atoms with E-state index < -0.39 is 5.97 Å². The molecule has 1 aromatic rings. The molecule has 1 saturated carbocycles. The van der Waals surface area contributed by atoms with Crippen molar-refractivity contribution in [3.05, 3.63) is 16.9 Å². The van der Waals surface area contributed by atoms with E-state index in [0.29, 0.717) is 11.1 Å². The fourth-order valence-electron chi connectivity index (χ4n) is 2.47. The molecule has 0 radical (unpaired) electrons. The van der Waals surface area contributed by atoms with Crippen LogP contribution >= 0.6 is 23.4 Å². The highest BCUT2D eigenvalue weighted by atomic mass is 35.5. The van der Waals surface area contributed by atoms with E-state index in [-0.39, 0.29) is 29.3 Å². The van der Waals surface area contributed by atoms with Crippen LogP contribution in [0.5, 0.6) is 0 Å². The number of nitrogens with one attached hydrogen (secondary N) is 1. The van der Waals surface area contributed by atoms with Gasteiger partial charge in [0.05, 0.1) is 11.2 Å². The van der Waals surface area contributed by atoms with Crippen molar-refractivity contribution in [2.45, 2.75) is 43.8 Å². The topological polar surface area (TPSA) is 81.2 Å². The van der Waals surface area contributed by atoms with Crippen molar-refractivity contribution < 1.29 is 14.3 Å². The summed E-state index contributed by atoms with van der Waals surface area (Å²) >= 11 is 7.19. The maximum Gasteiger partial charge on any atom is 0.359 e. The molecule has 1 aliphatic rings. The van der Waals surface area contributed by atoms with Gasteiger partial charge in [-0.2, -0.15) is 0 Å². The lowest BCUT2D eigenvalue weighted by molar-refractivity contribution is -0.125. The number of halogens is 1. The second-order valence-corrected chi connectivity index (χ2v) is 6.83. The normalized spacial score (nSPS) is 20.8. The summed E-state index contributed by atoms with van der Waals surface area (Å²) in [6.07, 6.45) is 7.29. The zero-order valence-corrected chi connectivity index (χ0v) is 14.7. The predicted octanol–water partition coefficient (Wildman–Crippen LogP) is 2.70. The highest BCUT2D eigenvalue weighted by Crippen LogP contribution is 2.23. The Balaban J connectivity index is 1.83. The number of ether oxygens (including phenoxy) is 1. The number of hydrogen-bond donors (Lipinski definition) is 1. The summed E-state index contributed by atoms with van der Waals surface area (Å²) in [6.45, 7) is 1.88. The number of thioether (sulfide) groups is 1. The smallest absolute Gasteiger partial charge is 0.359 e. The van der Waals surface area contributed by atoms with Crippen LogP contribution in [0, 0.1) is 5.92 Å². The van der Waals surface area contributed by atoms with Gasteiger partial charge in [-0.3, -0.25) is 4.79 Å². The van der Waals surface area contributed by atoms with Crippen LogP contribution in [0.3, 0.4) is 0 Å². The third kappa shape index (κ3) is 5.35. The van der Waals surface area contributed by atoms with Crippen LogP contribution in [-0.4, -0.2) is 40.7 Å². The molecule has 6 nitrogen and oxygen atoms in total. The molecule has 1 aliphatic carbocycles. The van der Waals surface area contributed by atoms with Gasteiger partial charge in [0.1, 0.15) is 0 Å². The van der Waals surface area contributed by atoms with E-state index in [9.17, 15) is 9.59 Å². The molecule has 0 bridgehead atoms. The van der Waals surface area contributed by atoms with E-state index in [0.717, 1.165) is 25.7 Å². The molecular weight excluding hydrogens is 338 g/mol. The first-order valence-corrected chi connectivity index (χ1v) is 9.13. The van der Waals surface area contributed by atoms with E-state index in [1.54, 1.807) is 6.26 Å². The highest BCUT2D eigenvalue weighted by molar-refractivity contribution is 7.98.